The number of hydrogen-bond donors (Lipinski definition) is 0. The van der Waals surface area contributed by atoms with Crippen LogP contribution in [0.15, 0.2) is 109 Å². The molecule has 0 aromatic heterocycles. The number of imide groups is 2. The van der Waals surface area contributed by atoms with E-state index in [1.54, 1.807) is 117 Å². The lowest BCUT2D eigenvalue weighted by molar-refractivity contribution is -0.212. The standard InChI is InChI=1S/C38H34N2O7/c1-25(39-34(42)29-17-9-10-18-30(29)35(39)43)21-23-46-38(28-15-7-4-8-16-28,33(41)27-13-5-3-6-14-27)47-24-22-26(2)40-36(44)31-19-11-12-20-32(31)37(40)45/h3-20,25-26H,21-24H2,1-2H3. The summed E-state index contributed by atoms with van der Waals surface area (Å²) >= 11 is 0. The van der Waals surface area contributed by atoms with E-state index in [1.165, 1.54) is 9.80 Å². The molecule has 0 spiro atoms. The van der Waals surface area contributed by atoms with Gasteiger partial charge in [0.05, 0.1) is 35.5 Å². The van der Waals surface area contributed by atoms with Gasteiger partial charge in [0.1, 0.15) is 0 Å². The number of ether oxygens (including phenoxy) is 2. The normalized spacial score (nSPS) is 16.6. The van der Waals surface area contributed by atoms with Crippen LogP contribution in [-0.2, 0) is 15.3 Å². The second-order valence-corrected chi connectivity index (χ2v) is 11.7. The molecule has 0 saturated heterocycles. The summed E-state index contributed by atoms with van der Waals surface area (Å²) in [5.74, 6) is -3.81. The minimum Gasteiger partial charge on any atom is -0.340 e. The van der Waals surface area contributed by atoms with Crippen LogP contribution in [-0.4, -0.2) is 64.5 Å². The maximum Gasteiger partial charge on any atom is 0.261 e. The van der Waals surface area contributed by atoms with Gasteiger partial charge in [0, 0.05) is 23.2 Å². The van der Waals surface area contributed by atoms with Gasteiger partial charge in [-0.2, -0.15) is 0 Å². The van der Waals surface area contributed by atoms with E-state index in [0.29, 0.717) is 33.4 Å². The Hall–Kier alpha value is -5.25. The Kier molecular flexibility index (Phi) is 8.93. The number of benzene rings is 4. The van der Waals surface area contributed by atoms with Crippen LogP contribution in [0.25, 0.3) is 0 Å². The Morgan fingerprint density at radius 2 is 0.894 bits per heavy atom. The fraction of sp³-hybridized carbons (Fsp3) is 0.237. The summed E-state index contributed by atoms with van der Waals surface area (Å²) in [4.78, 5) is 69.2. The van der Waals surface area contributed by atoms with E-state index in [4.69, 9.17) is 9.47 Å². The van der Waals surface area contributed by atoms with E-state index in [9.17, 15) is 24.0 Å². The minimum absolute atomic E-state index is 0.0317. The van der Waals surface area contributed by atoms with Gasteiger partial charge >= 0.3 is 0 Å². The topological polar surface area (TPSA) is 110 Å². The van der Waals surface area contributed by atoms with Gasteiger partial charge in [0.2, 0.25) is 5.78 Å². The molecule has 2 aliphatic heterocycles. The summed E-state index contributed by atoms with van der Waals surface area (Å²) in [6.45, 7) is 3.46. The lowest BCUT2D eigenvalue weighted by Crippen LogP contribution is -2.45. The van der Waals surface area contributed by atoms with Gasteiger partial charge in [-0.1, -0.05) is 84.9 Å². The number of Topliss-reactive ketones (excluding diaryl/α,β-unsaturated/α-hetero) is 1. The van der Waals surface area contributed by atoms with Crippen molar-refractivity contribution in [1.82, 2.24) is 9.80 Å². The number of carbonyl (C=O) groups excluding carboxylic acids is 5. The highest BCUT2D eigenvalue weighted by Gasteiger charge is 2.45. The molecule has 6 rings (SSSR count). The van der Waals surface area contributed by atoms with E-state index in [1.807, 2.05) is 6.07 Å². The first-order valence-electron chi connectivity index (χ1n) is 15.6. The zero-order valence-corrected chi connectivity index (χ0v) is 26.1. The summed E-state index contributed by atoms with van der Waals surface area (Å²) in [5.41, 5.74) is 2.25. The van der Waals surface area contributed by atoms with Gasteiger partial charge in [-0.15, -0.1) is 0 Å². The zero-order valence-electron chi connectivity index (χ0n) is 26.1. The van der Waals surface area contributed by atoms with Crippen molar-refractivity contribution in [3.05, 3.63) is 143 Å². The molecule has 238 valence electrons. The van der Waals surface area contributed by atoms with E-state index in [2.05, 4.69) is 0 Å². The van der Waals surface area contributed by atoms with Crippen LogP contribution in [0.5, 0.6) is 0 Å². The number of ketones is 1. The molecule has 2 atom stereocenters. The molecule has 2 aliphatic rings. The lowest BCUT2D eigenvalue weighted by Gasteiger charge is -2.34. The Balaban J connectivity index is 1.23. The first-order valence-corrected chi connectivity index (χ1v) is 15.6. The van der Waals surface area contributed by atoms with E-state index in [0.717, 1.165) is 0 Å². The first kappa shape index (κ1) is 31.7. The number of fused-ring (bicyclic) bond motifs is 2. The Labute approximate surface area is 272 Å². The quantitative estimate of drug-likeness (QED) is 0.103. The van der Waals surface area contributed by atoms with Crippen LogP contribution in [0.1, 0.15) is 84.0 Å². The fourth-order valence-corrected chi connectivity index (χ4v) is 6.13. The van der Waals surface area contributed by atoms with Crippen LogP contribution in [0.4, 0.5) is 0 Å². The maximum absolute atomic E-state index is 14.3. The van der Waals surface area contributed by atoms with Gasteiger partial charge < -0.3 is 9.47 Å². The van der Waals surface area contributed by atoms with Crippen molar-refractivity contribution in [3.63, 3.8) is 0 Å². The summed E-state index contributed by atoms with van der Waals surface area (Å²) in [6.07, 6.45) is 0.466. The van der Waals surface area contributed by atoms with Crippen LogP contribution in [0.2, 0.25) is 0 Å². The van der Waals surface area contributed by atoms with Gasteiger partial charge in [0.15, 0.2) is 0 Å². The molecule has 9 nitrogen and oxygen atoms in total. The van der Waals surface area contributed by atoms with E-state index < -0.39 is 23.7 Å². The van der Waals surface area contributed by atoms with Gasteiger partial charge in [-0.05, 0) is 51.0 Å². The largest absolute Gasteiger partial charge is 0.340 e. The van der Waals surface area contributed by atoms with E-state index in [-0.39, 0.29) is 49.7 Å². The summed E-state index contributed by atoms with van der Waals surface area (Å²) in [5, 5.41) is 0. The molecular weight excluding hydrogens is 596 g/mol. The highest BCUT2D eigenvalue weighted by Crippen LogP contribution is 2.34. The lowest BCUT2D eigenvalue weighted by atomic mass is 9.95. The molecule has 0 saturated carbocycles. The number of carbonyl (C=O) groups is 5. The Morgan fingerprint density at radius 3 is 1.28 bits per heavy atom. The second-order valence-electron chi connectivity index (χ2n) is 11.7. The highest BCUT2D eigenvalue weighted by atomic mass is 16.7. The molecule has 9 heteroatoms. The molecule has 4 aromatic rings. The number of hydrogen-bond acceptors (Lipinski definition) is 7. The molecule has 0 fully saturated rings. The molecule has 4 amide bonds. The molecule has 2 heterocycles. The van der Waals surface area contributed by atoms with Crippen LogP contribution in [0, 0.1) is 0 Å². The Bertz CT molecular complexity index is 1680. The average Bonchev–Trinajstić information content (AvgIpc) is 3.52. The predicted molar refractivity (Wildman–Crippen MR) is 173 cm³/mol. The number of nitrogens with zero attached hydrogens (tertiary/aromatic N) is 2. The third-order valence-corrected chi connectivity index (χ3v) is 8.70. The molecule has 2 unspecified atom stereocenters. The first-order chi connectivity index (χ1) is 22.7. The monoisotopic (exact) mass is 630 g/mol. The van der Waals surface area contributed by atoms with Crippen molar-refractivity contribution >= 4 is 29.4 Å². The van der Waals surface area contributed by atoms with Crippen molar-refractivity contribution in [2.24, 2.45) is 0 Å². The van der Waals surface area contributed by atoms with Crippen LogP contribution in [0.3, 0.4) is 0 Å². The predicted octanol–water partition coefficient (Wildman–Crippen LogP) is 5.91. The van der Waals surface area contributed by atoms with Crippen LogP contribution >= 0.6 is 0 Å². The molecule has 4 aromatic carbocycles. The van der Waals surface area contributed by atoms with Crippen molar-refractivity contribution in [2.45, 2.75) is 44.6 Å². The fourth-order valence-electron chi connectivity index (χ4n) is 6.13. The number of amides is 4. The van der Waals surface area contributed by atoms with Crippen LogP contribution < -0.4 is 0 Å². The third kappa shape index (κ3) is 5.80. The Morgan fingerprint density at radius 1 is 0.553 bits per heavy atom. The molecule has 0 N–H and O–H groups in total. The summed E-state index contributed by atoms with van der Waals surface area (Å²) < 4.78 is 12.9. The summed E-state index contributed by atoms with van der Waals surface area (Å²) in [7, 11) is 0. The molecular formula is C38H34N2O7. The SMILES string of the molecule is CC(CCOC(OCCC(C)N1C(=O)c2ccccc2C1=O)(C(=O)c1ccccc1)c1ccccc1)N1C(=O)c2ccccc2C1=O. The highest BCUT2D eigenvalue weighted by molar-refractivity contribution is 6.22. The minimum atomic E-state index is -1.90. The van der Waals surface area contributed by atoms with Crippen molar-refractivity contribution in [1.29, 1.82) is 0 Å². The van der Waals surface area contributed by atoms with Gasteiger partial charge in [0.25, 0.3) is 29.4 Å². The van der Waals surface area contributed by atoms with Crippen molar-refractivity contribution in [3.8, 4) is 0 Å². The average molecular weight is 631 g/mol. The number of rotatable bonds is 13. The second kappa shape index (κ2) is 13.2. The maximum atomic E-state index is 14.3. The van der Waals surface area contributed by atoms with Gasteiger partial charge in [-0.3, -0.25) is 33.8 Å². The third-order valence-electron chi connectivity index (χ3n) is 8.70. The molecule has 47 heavy (non-hydrogen) atoms. The van der Waals surface area contributed by atoms with Crippen molar-refractivity contribution < 1.29 is 33.4 Å². The zero-order chi connectivity index (χ0) is 33.1. The smallest absolute Gasteiger partial charge is 0.261 e. The molecule has 0 radical (unpaired) electrons. The van der Waals surface area contributed by atoms with Gasteiger partial charge in [-0.25, -0.2) is 0 Å². The van der Waals surface area contributed by atoms with E-state index >= 15 is 0 Å². The van der Waals surface area contributed by atoms with Crippen molar-refractivity contribution in [2.75, 3.05) is 13.2 Å². The summed E-state index contributed by atoms with van der Waals surface area (Å²) in [6, 6.07) is 29.8. The molecule has 0 aliphatic carbocycles. The molecule has 0 bridgehead atoms.